The molecule has 1 fully saturated rings. The SMILES string of the molecule is CC(N)c1nc2c(c(=O)n(C)c(=O)n2C2CCCCC2)n1C. The average Bonchev–Trinajstić information content (AvgIpc) is 2.84. The van der Waals surface area contributed by atoms with Crippen molar-refractivity contribution >= 4 is 11.2 Å². The summed E-state index contributed by atoms with van der Waals surface area (Å²) in [7, 11) is 3.31. The van der Waals surface area contributed by atoms with Crippen molar-refractivity contribution in [3.8, 4) is 0 Å². The molecule has 0 spiro atoms. The molecule has 120 valence electrons. The molecule has 2 aromatic rings. The van der Waals surface area contributed by atoms with Gasteiger partial charge in [0.05, 0.1) is 6.04 Å². The number of rotatable bonds is 2. The molecular weight excluding hydrogens is 282 g/mol. The molecule has 3 rings (SSSR count). The van der Waals surface area contributed by atoms with Crippen LogP contribution in [-0.4, -0.2) is 18.7 Å². The zero-order valence-corrected chi connectivity index (χ0v) is 13.4. The third-order valence-electron chi connectivity index (χ3n) is 4.69. The molecule has 1 unspecified atom stereocenters. The molecule has 0 aliphatic heterocycles. The van der Waals surface area contributed by atoms with Crippen LogP contribution in [-0.2, 0) is 14.1 Å². The maximum Gasteiger partial charge on any atom is 0.332 e. The van der Waals surface area contributed by atoms with Crippen LogP contribution in [0.1, 0.15) is 56.9 Å². The fraction of sp³-hybridized carbons (Fsp3) is 0.667. The molecule has 0 radical (unpaired) electrons. The van der Waals surface area contributed by atoms with Crippen molar-refractivity contribution in [3.05, 3.63) is 26.7 Å². The lowest BCUT2D eigenvalue weighted by Crippen LogP contribution is -2.40. The Morgan fingerprint density at radius 3 is 2.36 bits per heavy atom. The van der Waals surface area contributed by atoms with Gasteiger partial charge in [0.25, 0.3) is 5.56 Å². The molecule has 7 nitrogen and oxygen atoms in total. The Hall–Kier alpha value is -1.89. The summed E-state index contributed by atoms with van der Waals surface area (Å²) in [5.74, 6) is 0.627. The highest BCUT2D eigenvalue weighted by atomic mass is 16.2. The number of nitrogens with zero attached hydrogens (tertiary/aromatic N) is 4. The molecule has 22 heavy (non-hydrogen) atoms. The van der Waals surface area contributed by atoms with Gasteiger partial charge in [0.15, 0.2) is 11.2 Å². The van der Waals surface area contributed by atoms with E-state index in [1.165, 1.54) is 18.0 Å². The van der Waals surface area contributed by atoms with Crippen molar-refractivity contribution in [2.24, 2.45) is 19.8 Å². The first-order valence-electron chi connectivity index (χ1n) is 7.87. The predicted molar refractivity (Wildman–Crippen MR) is 84.9 cm³/mol. The third kappa shape index (κ3) is 2.11. The van der Waals surface area contributed by atoms with Gasteiger partial charge in [0, 0.05) is 20.1 Å². The van der Waals surface area contributed by atoms with Crippen molar-refractivity contribution in [3.63, 3.8) is 0 Å². The molecule has 0 amide bonds. The zero-order valence-electron chi connectivity index (χ0n) is 13.4. The van der Waals surface area contributed by atoms with Crippen LogP contribution >= 0.6 is 0 Å². The molecule has 1 saturated carbocycles. The Bertz CT molecular complexity index is 821. The molecule has 1 aliphatic rings. The largest absolute Gasteiger partial charge is 0.332 e. The summed E-state index contributed by atoms with van der Waals surface area (Å²) in [6, 6.07) is -0.177. The van der Waals surface area contributed by atoms with Gasteiger partial charge in [-0.15, -0.1) is 0 Å². The van der Waals surface area contributed by atoms with Gasteiger partial charge in [-0.1, -0.05) is 19.3 Å². The molecule has 0 bridgehead atoms. The van der Waals surface area contributed by atoms with Crippen molar-refractivity contribution < 1.29 is 0 Å². The van der Waals surface area contributed by atoms with E-state index in [1.54, 1.807) is 16.2 Å². The second-order valence-corrected chi connectivity index (χ2v) is 6.30. The predicted octanol–water partition coefficient (Wildman–Crippen LogP) is 0.959. The summed E-state index contributed by atoms with van der Waals surface area (Å²) in [6.45, 7) is 1.83. The minimum Gasteiger partial charge on any atom is -0.324 e. The standard InChI is InChI=1S/C15H23N5O2/c1-9(16)12-17-13-11(18(12)2)14(21)19(3)15(22)20(13)10-7-5-4-6-8-10/h9-10H,4-8,16H2,1-3H3. The summed E-state index contributed by atoms with van der Waals surface area (Å²) >= 11 is 0. The van der Waals surface area contributed by atoms with Gasteiger partial charge in [0.2, 0.25) is 0 Å². The third-order valence-corrected chi connectivity index (χ3v) is 4.69. The molecule has 0 saturated heterocycles. The van der Waals surface area contributed by atoms with Crippen LogP contribution in [0.4, 0.5) is 0 Å². The highest BCUT2D eigenvalue weighted by Gasteiger charge is 2.25. The molecule has 0 aromatic carbocycles. The van der Waals surface area contributed by atoms with Crippen LogP contribution in [0.5, 0.6) is 0 Å². The van der Waals surface area contributed by atoms with E-state index in [9.17, 15) is 9.59 Å². The first kappa shape index (κ1) is 15.0. The number of imidazole rings is 1. The lowest BCUT2D eigenvalue weighted by Gasteiger charge is -2.24. The molecule has 2 N–H and O–H groups in total. The Labute approximate surface area is 128 Å². The number of fused-ring (bicyclic) bond motifs is 1. The van der Waals surface area contributed by atoms with E-state index in [1.807, 2.05) is 6.92 Å². The quantitative estimate of drug-likeness (QED) is 0.895. The molecule has 7 heteroatoms. The van der Waals surface area contributed by atoms with Crippen molar-refractivity contribution in [1.82, 2.24) is 18.7 Å². The van der Waals surface area contributed by atoms with Gasteiger partial charge in [-0.25, -0.2) is 9.78 Å². The van der Waals surface area contributed by atoms with E-state index < -0.39 is 0 Å². The lowest BCUT2D eigenvalue weighted by molar-refractivity contribution is 0.344. The van der Waals surface area contributed by atoms with Crippen molar-refractivity contribution in [2.75, 3.05) is 0 Å². The lowest BCUT2D eigenvalue weighted by atomic mass is 9.95. The normalized spacial score (nSPS) is 18.0. The fourth-order valence-electron chi connectivity index (χ4n) is 3.48. The molecule has 1 aliphatic carbocycles. The Morgan fingerprint density at radius 1 is 1.14 bits per heavy atom. The average molecular weight is 305 g/mol. The van der Waals surface area contributed by atoms with E-state index in [2.05, 4.69) is 4.98 Å². The molecular formula is C15H23N5O2. The van der Waals surface area contributed by atoms with Gasteiger partial charge >= 0.3 is 5.69 Å². The number of aromatic nitrogens is 4. The Morgan fingerprint density at radius 2 is 1.77 bits per heavy atom. The summed E-state index contributed by atoms with van der Waals surface area (Å²) < 4.78 is 4.62. The van der Waals surface area contributed by atoms with Gasteiger partial charge in [-0.05, 0) is 19.8 Å². The smallest absolute Gasteiger partial charge is 0.324 e. The number of hydrogen-bond donors (Lipinski definition) is 1. The zero-order chi connectivity index (χ0) is 16.0. The monoisotopic (exact) mass is 305 g/mol. The van der Waals surface area contributed by atoms with Crippen LogP contribution in [0.3, 0.4) is 0 Å². The van der Waals surface area contributed by atoms with Gasteiger partial charge in [-0.3, -0.25) is 13.9 Å². The highest BCUT2D eigenvalue weighted by molar-refractivity contribution is 5.71. The van der Waals surface area contributed by atoms with Gasteiger partial charge in [0.1, 0.15) is 5.82 Å². The minimum absolute atomic E-state index is 0.117. The second kappa shape index (κ2) is 5.39. The minimum atomic E-state index is -0.311. The Kier molecular flexibility index (Phi) is 3.68. The van der Waals surface area contributed by atoms with E-state index >= 15 is 0 Å². The maximum absolute atomic E-state index is 12.6. The maximum atomic E-state index is 12.6. The van der Waals surface area contributed by atoms with Crippen LogP contribution in [0.25, 0.3) is 11.2 Å². The fourth-order valence-corrected chi connectivity index (χ4v) is 3.48. The summed E-state index contributed by atoms with van der Waals surface area (Å²) in [5.41, 5.74) is 6.30. The van der Waals surface area contributed by atoms with Crippen LogP contribution in [0, 0.1) is 0 Å². The number of nitrogens with two attached hydrogens (primary N) is 1. The molecule has 2 aromatic heterocycles. The topological polar surface area (TPSA) is 87.8 Å². The van der Waals surface area contributed by atoms with Gasteiger partial charge in [-0.2, -0.15) is 0 Å². The van der Waals surface area contributed by atoms with Crippen LogP contribution in [0.2, 0.25) is 0 Å². The van der Waals surface area contributed by atoms with E-state index in [0.29, 0.717) is 17.0 Å². The first-order valence-corrected chi connectivity index (χ1v) is 7.87. The Balaban J connectivity index is 2.37. The summed E-state index contributed by atoms with van der Waals surface area (Å²) in [6.07, 6.45) is 5.32. The number of aryl methyl sites for hydroxylation is 1. The van der Waals surface area contributed by atoms with Crippen LogP contribution in [0.15, 0.2) is 9.59 Å². The summed E-state index contributed by atoms with van der Waals surface area (Å²) in [5, 5.41) is 0. The van der Waals surface area contributed by atoms with E-state index in [0.717, 1.165) is 25.7 Å². The van der Waals surface area contributed by atoms with E-state index in [-0.39, 0.29) is 23.3 Å². The van der Waals surface area contributed by atoms with Gasteiger partial charge < -0.3 is 10.3 Å². The highest BCUT2D eigenvalue weighted by Crippen LogP contribution is 2.29. The molecule has 2 heterocycles. The van der Waals surface area contributed by atoms with E-state index in [4.69, 9.17) is 5.73 Å². The van der Waals surface area contributed by atoms with Crippen molar-refractivity contribution in [2.45, 2.75) is 51.1 Å². The van der Waals surface area contributed by atoms with Crippen molar-refractivity contribution in [1.29, 1.82) is 0 Å². The number of hydrogen-bond acceptors (Lipinski definition) is 4. The first-order chi connectivity index (χ1) is 10.4. The van der Waals surface area contributed by atoms with Crippen LogP contribution < -0.4 is 17.0 Å². The molecule has 1 atom stereocenters. The second-order valence-electron chi connectivity index (χ2n) is 6.30. The summed E-state index contributed by atoms with van der Waals surface area (Å²) in [4.78, 5) is 29.7.